The summed E-state index contributed by atoms with van der Waals surface area (Å²) >= 11 is 4.01. The second-order valence-electron chi connectivity index (χ2n) is 6.24. The Balaban J connectivity index is 4.93. The summed E-state index contributed by atoms with van der Waals surface area (Å²) in [6.07, 6.45) is 1.02. The third kappa shape index (κ3) is 11.9. The van der Waals surface area contributed by atoms with Gasteiger partial charge < -0.3 is 37.6 Å². The molecule has 0 aliphatic carbocycles. The second-order valence-corrected chi connectivity index (χ2v) is 6.60. The van der Waals surface area contributed by atoms with Gasteiger partial charge in [0.05, 0.1) is 6.04 Å². The van der Waals surface area contributed by atoms with E-state index in [4.69, 9.17) is 21.7 Å². The molecule has 0 aliphatic heterocycles. The van der Waals surface area contributed by atoms with Gasteiger partial charge in [0.25, 0.3) is 0 Å². The molecule has 12 nitrogen and oxygen atoms in total. The van der Waals surface area contributed by atoms with Gasteiger partial charge in [0, 0.05) is 12.2 Å². The van der Waals surface area contributed by atoms with Gasteiger partial charge in [-0.05, 0) is 25.8 Å². The molecular weight excluding hydrogens is 406 g/mol. The number of nitrogens with one attached hydrogen (secondary N) is 3. The average molecular weight is 436 g/mol. The van der Waals surface area contributed by atoms with Crippen LogP contribution in [0.25, 0.3) is 0 Å². The Morgan fingerprint density at radius 1 is 0.862 bits per heavy atom. The molecule has 13 heteroatoms. The Hall–Kier alpha value is -2.38. The zero-order chi connectivity index (χ0) is 22.4. The van der Waals surface area contributed by atoms with Gasteiger partial charge in [0.15, 0.2) is 0 Å². The predicted molar refractivity (Wildman–Crippen MR) is 106 cm³/mol. The lowest BCUT2D eigenvalue weighted by Crippen LogP contribution is -2.56. The number of carboxylic acids is 2. The lowest BCUT2D eigenvalue weighted by molar-refractivity contribution is -0.140. The number of thiol groups is 1. The molecule has 3 amide bonds. The van der Waals surface area contributed by atoms with E-state index < -0.39 is 60.8 Å². The average Bonchev–Trinajstić information content (AvgIpc) is 2.66. The summed E-state index contributed by atoms with van der Waals surface area (Å²) in [5.41, 5.74) is 11.1. The zero-order valence-corrected chi connectivity index (χ0v) is 16.8. The number of unbranched alkanes of at least 4 members (excludes halogenated alkanes) is 1. The summed E-state index contributed by atoms with van der Waals surface area (Å²) < 4.78 is 0. The molecular formula is C16H29N5O7S. The lowest BCUT2D eigenvalue weighted by atomic mass is 10.1. The molecule has 0 radical (unpaired) electrons. The number of carbonyl (C=O) groups excluding carboxylic acids is 3. The van der Waals surface area contributed by atoms with E-state index in [1.165, 1.54) is 0 Å². The van der Waals surface area contributed by atoms with Crippen LogP contribution in [-0.4, -0.2) is 76.8 Å². The highest BCUT2D eigenvalue weighted by Gasteiger charge is 2.27. The maximum atomic E-state index is 12.4. The minimum Gasteiger partial charge on any atom is -0.481 e. The highest BCUT2D eigenvalue weighted by atomic mass is 32.1. The van der Waals surface area contributed by atoms with Crippen LogP contribution in [0, 0.1) is 0 Å². The van der Waals surface area contributed by atoms with Crippen molar-refractivity contribution < 1.29 is 34.2 Å². The van der Waals surface area contributed by atoms with Crippen molar-refractivity contribution in [3.63, 3.8) is 0 Å². The van der Waals surface area contributed by atoms with Gasteiger partial charge in [-0.25, -0.2) is 0 Å². The molecule has 0 aliphatic rings. The van der Waals surface area contributed by atoms with E-state index in [0.29, 0.717) is 25.8 Å². The van der Waals surface area contributed by atoms with E-state index in [1.54, 1.807) is 0 Å². The lowest BCUT2D eigenvalue weighted by Gasteiger charge is -2.23. The fourth-order valence-electron chi connectivity index (χ4n) is 2.21. The largest absolute Gasteiger partial charge is 0.481 e. The smallest absolute Gasteiger partial charge is 0.322 e. The first-order valence-electron chi connectivity index (χ1n) is 9.00. The molecule has 0 aromatic rings. The molecule has 29 heavy (non-hydrogen) atoms. The van der Waals surface area contributed by atoms with E-state index in [0.717, 1.165) is 0 Å². The standard InChI is InChI=1S/C16H29N5O7S/c17-6-2-1-3-9(18)14(26)21-11(8-29)16(28)20-10(4-5-12(22)23)15(27)19-7-13(24)25/h9-11,29H,1-8,17-18H2,(H,19,27)(H,20,28)(H,21,26)(H,22,23)(H,24,25). The van der Waals surface area contributed by atoms with E-state index in [9.17, 15) is 24.0 Å². The van der Waals surface area contributed by atoms with Crippen LogP contribution in [0.4, 0.5) is 0 Å². The summed E-state index contributed by atoms with van der Waals surface area (Å²) in [7, 11) is 0. The highest BCUT2D eigenvalue weighted by Crippen LogP contribution is 2.02. The normalized spacial score (nSPS) is 13.6. The van der Waals surface area contributed by atoms with Crippen molar-refractivity contribution in [1.82, 2.24) is 16.0 Å². The first-order chi connectivity index (χ1) is 13.6. The molecule has 0 heterocycles. The van der Waals surface area contributed by atoms with Crippen molar-refractivity contribution in [3.05, 3.63) is 0 Å². The van der Waals surface area contributed by atoms with Crippen LogP contribution in [0.15, 0.2) is 0 Å². The van der Waals surface area contributed by atoms with Gasteiger partial charge in [0.2, 0.25) is 17.7 Å². The predicted octanol–water partition coefficient (Wildman–Crippen LogP) is -2.59. The highest BCUT2D eigenvalue weighted by molar-refractivity contribution is 7.80. The maximum Gasteiger partial charge on any atom is 0.322 e. The summed E-state index contributed by atoms with van der Waals surface area (Å²) in [5.74, 6) is -4.81. The molecule has 9 N–H and O–H groups in total. The first kappa shape index (κ1) is 26.6. The van der Waals surface area contributed by atoms with Crippen LogP contribution in [-0.2, 0) is 24.0 Å². The van der Waals surface area contributed by atoms with Crippen LogP contribution in [0.5, 0.6) is 0 Å². The van der Waals surface area contributed by atoms with Crippen molar-refractivity contribution in [2.45, 2.75) is 50.2 Å². The SMILES string of the molecule is NCCCCC(N)C(=O)NC(CS)C(=O)NC(CCC(=O)O)C(=O)NCC(=O)O. The molecule has 0 fully saturated rings. The van der Waals surface area contributed by atoms with E-state index in [1.807, 2.05) is 0 Å². The molecule has 0 aromatic heterocycles. The summed E-state index contributed by atoms with van der Waals surface area (Å²) in [4.78, 5) is 57.9. The molecule has 3 unspecified atom stereocenters. The number of aliphatic carboxylic acids is 2. The third-order valence-electron chi connectivity index (χ3n) is 3.82. The fraction of sp³-hybridized carbons (Fsp3) is 0.688. The quantitative estimate of drug-likeness (QED) is 0.0998. The minimum atomic E-state index is -1.30. The van der Waals surface area contributed by atoms with Gasteiger partial charge in [0.1, 0.15) is 18.6 Å². The maximum absolute atomic E-state index is 12.4. The summed E-state index contributed by atoms with van der Waals surface area (Å²) in [6.45, 7) is -0.222. The number of amides is 3. The Morgan fingerprint density at radius 2 is 1.48 bits per heavy atom. The molecule has 0 spiro atoms. The van der Waals surface area contributed by atoms with Gasteiger partial charge in [-0.1, -0.05) is 6.42 Å². The van der Waals surface area contributed by atoms with Gasteiger partial charge in [-0.2, -0.15) is 12.6 Å². The number of carbonyl (C=O) groups is 5. The third-order valence-corrected chi connectivity index (χ3v) is 4.18. The molecule has 0 saturated heterocycles. The first-order valence-corrected chi connectivity index (χ1v) is 9.64. The van der Waals surface area contributed by atoms with Crippen LogP contribution in [0.3, 0.4) is 0 Å². The van der Waals surface area contributed by atoms with Gasteiger partial charge in [-0.3, -0.25) is 24.0 Å². The Labute approximate surface area is 173 Å². The number of rotatable bonds is 15. The summed E-state index contributed by atoms with van der Waals surface area (Å²) in [5, 5.41) is 24.2. The van der Waals surface area contributed by atoms with Crippen LogP contribution >= 0.6 is 12.6 Å². The van der Waals surface area contributed by atoms with E-state index in [2.05, 4.69) is 28.6 Å². The molecule has 3 atom stereocenters. The molecule has 0 bridgehead atoms. The van der Waals surface area contributed by atoms with Crippen molar-refractivity contribution in [1.29, 1.82) is 0 Å². The summed E-state index contributed by atoms with van der Waals surface area (Å²) in [6, 6.07) is -3.26. The van der Waals surface area contributed by atoms with E-state index in [-0.39, 0.29) is 12.2 Å². The Morgan fingerprint density at radius 3 is 2.00 bits per heavy atom. The molecule has 0 aromatic carbocycles. The van der Waals surface area contributed by atoms with Crippen LogP contribution < -0.4 is 27.4 Å². The molecule has 166 valence electrons. The van der Waals surface area contributed by atoms with Gasteiger partial charge >= 0.3 is 11.9 Å². The van der Waals surface area contributed by atoms with Gasteiger partial charge in [-0.15, -0.1) is 0 Å². The van der Waals surface area contributed by atoms with Crippen molar-refractivity contribution in [2.75, 3.05) is 18.8 Å². The zero-order valence-electron chi connectivity index (χ0n) is 15.9. The monoisotopic (exact) mass is 435 g/mol. The Kier molecular flexibility index (Phi) is 13.4. The minimum absolute atomic E-state index is 0.102. The number of hydrogen-bond acceptors (Lipinski definition) is 8. The second kappa shape index (κ2) is 14.6. The van der Waals surface area contributed by atoms with Crippen LogP contribution in [0.2, 0.25) is 0 Å². The van der Waals surface area contributed by atoms with Crippen LogP contribution in [0.1, 0.15) is 32.1 Å². The van der Waals surface area contributed by atoms with Crippen molar-refractivity contribution >= 4 is 42.3 Å². The number of hydrogen-bond donors (Lipinski definition) is 8. The molecule has 0 rings (SSSR count). The Bertz CT molecular complexity index is 590. The van der Waals surface area contributed by atoms with E-state index >= 15 is 0 Å². The molecule has 0 saturated carbocycles. The van der Waals surface area contributed by atoms with Crippen molar-refractivity contribution in [3.8, 4) is 0 Å². The van der Waals surface area contributed by atoms with Crippen molar-refractivity contribution in [2.24, 2.45) is 11.5 Å². The number of carboxylic acid groups (broad SMARTS) is 2. The number of nitrogens with two attached hydrogens (primary N) is 2. The fourth-order valence-corrected chi connectivity index (χ4v) is 2.46. The topological polar surface area (TPSA) is 214 Å².